The molecule has 2 amide bonds. The lowest BCUT2D eigenvalue weighted by molar-refractivity contribution is -0.116. The number of carbonyl (C=O) groups is 2. The van der Waals surface area contributed by atoms with Gasteiger partial charge in [-0.25, -0.2) is 4.68 Å². The van der Waals surface area contributed by atoms with E-state index in [1.165, 1.54) is 4.90 Å². The lowest BCUT2D eigenvalue weighted by Gasteiger charge is -2.17. The van der Waals surface area contributed by atoms with Crippen molar-refractivity contribution < 1.29 is 9.59 Å². The first-order valence-electron chi connectivity index (χ1n) is 8.12. The van der Waals surface area contributed by atoms with Gasteiger partial charge in [-0.1, -0.05) is 16.8 Å². The van der Waals surface area contributed by atoms with E-state index in [4.69, 9.17) is 11.6 Å². The molecular formula is C18H18ClN5O2. The van der Waals surface area contributed by atoms with Crippen molar-refractivity contribution in [1.29, 1.82) is 0 Å². The largest absolute Gasteiger partial charge is 0.332 e. The van der Waals surface area contributed by atoms with E-state index in [2.05, 4.69) is 15.6 Å². The van der Waals surface area contributed by atoms with Crippen molar-refractivity contribution in [3.63, 3.8) is 0 Å². The Bertz CT molecular complexity index is 952. The van der Waals surface area contributed by atoms with Crippen LogP contribution in [0.2, 0.25) is 5.02 Å². The van der Waals surface area contributed by atoms with Crippen LogP contribution in [0.1, 0.15) is 17.3 Å². The topological polar surface area (TPSA) is 80.1 Å². The van der Waals surface area contributed by atoms with Crippen LogP contribution in [0.3, 0.4) is 0 Å². The van der Waals surface area contributed by atoms with Crippen LogP contribution in [0.25, 0.3) is 11.0 Å². The molecule has 3 rings (SSSR count). The molecule has 1 heterocycles. The molecule has 1 N–H and O–H groups in total. The first-order valence-corrected chi connectivity index (χ1v) is 8.50. The molecule has 0 aliphatic rings. The van der Waals surface area contributed by atoms with Crippen molar-refractivity contribution in [2.24, 2.45) is 0 Å². The molecule has 0 saturated carbocycles. The van der Waals surface area contributed by atoms with Crippen molar-refractivity contribution in [2.45, 2.75) is 13.5 Å². The van der Waals surface area contributed by atoms with Crippen LogP contribution in [-0.4, -0.2) is 45.3 Å². The third-order valence-electron chi connectivity index (χ3n) is 3.92. The summed E-state index contributed by atoms with van der Waals surface area (Å²) in [5.41, 5.74) is 2.60. The second-order valence-corrected chi connectivity index (χ2v) is 6.26. The van der Waals surface area contributed by atoms with Gasteiger partial charge in [-0.05, 0) is 49.4 Å². The summed E-state index contributed by atoms with van der Waals surface area (Å²) in [6, 6.07) is 12.0. The number of fused-ring (bicyclic) bond motifs is 1. The molecule has 0 unspecified atom stereocenters. The third kappa shape index (κ3) is 3.83. The number of aryl methyl sites for hydroxylation is 1. The molecule has 0 saturated heterocycles. The second kappa shape index (κ2) is 7.53. The van der Waals surface area contributed by atoms with Gasteiger partial charge in [0.1, 0.15) is 5.52 Å². The Kier molecular flexibility index (Phi) is 5.18. The van der Waals surface area contributed by atoms with E-state index in [0.717, 1.165) is 5.52 Å². The van der Waals surface area contributed by atoms with Crippen molar-refractivity contribution in [3.8, 4) is 0 Å². The summed E-state index contributed by atoms with van der Waals surface area (Å²) in [5.74, 6) is -0.551. The zero-order valence-electron chi connectivity index (χ0n) is 14.4. The number of hydrogen-bond donors (Lipinski definition) is 1. The van der Waals surface area contributed by atoms with Crippen molar-refractivity contribution in [2.75, 3.05) is 18.9 Å². The van der Waals surface area contributed by atoms with Gasteiger partial charge in [0.15, 0.2) is 0 Å². The number of nitrogens with zero attached hydrogens (tertiary/aromatic N) is 4. The highest BCUT2D eigenvalue weighted by atomic mass is 35.5. The van der Waals surface area contributed by atoms with Crippen molar-refractivity contribution in [1.82, 2.24) is 19.9 Å². The number of carbonyl (C=O) groups excluding carboxylic acids is 2. The zero-order valence-corrected chi connectivity index (χ0v) is 15.2. The Morgan fingerprint density at radius 3 is 2.62 bits per heavy atom. The summed E-state index contributed by atoms with van der Waals surface area (Å²) in [6.45, 7) is 2.61. The van der Waals surface area contributed by atoms with Gasteiger partial charge in [0.25, 0.3) is 5.91 Å². The second-order valence-electron chi connectivity index (χ2n) is 5.82. The Morgan fingerprint density at radius 1 is 1.19 bits per heavy atom. The minimum absolute atomic E-state index is 0.0683. The molecule has 0 aliphatic heterocycles. The highest BCUT2D eigenvalue weighted by Gasteiger charge is 2.16. The van der Waals surface area contributed by atoms with Crippen LogP contribution in [0.4, 0.5) is 5.69 Å². The van der Waals surface area contributed by atoms with Gasteiger partial charge in [-0.15, -0.1) is 5.10 Å². The van der Waals surface area contributed by atoms with E-state index in [1.807, 2.05) is 13.0 Å². The van der Waals surface area contributed by atoms with E-state index >= 15 is 0 Å². The fraction of sp³-hybridized carbons (Fsp3) is 0.222. The predicted molar refractivity (Wildman–Crippen MR) is 100 cm³/mol. The standard InChI is InChI=1S/C18H18ClN5O2/c1-3-24-16-9-4-12(10-15(16)21-22-24)18(26)23(2)11-17(25)20-14-7-5-13(19)6-8-14/h4-10H,3,11H2,1-2H3,(H,20,25). The zero-order chi connectivity index (χ0) is 18.7. The maximum Gasteiger partial charge on any atom is 0.254 e. The molecule has 0 radical (unpaired) electrons. The smallest absolute Gasteiger partial charge is 0.254 e. The minimum Gasteiger partial charge on any atom is -0.332 e. The monoisotopic (exact) mass is 371 g/mol. The van der Waals surface area contributed by atoms with E-state index < -0.39 is 0 Å². The average molecular weight is 372 g/mol. The predicted octanol–water partition coefficient (Wildman–Crippen LogP) is 2.82. The van der Waals surface area contributed by atoms with Crippen LogP contribution in [-0.2, 0) is 11.3 Å². The molecule has 1 aromatic heterocycles. The van der Waals surface area contributed by atoms with Crippen LogP contribution in [0, 0.1) is 0 Å². The van der Waals surface area contributed by atoms with E-state index in [9.17, 15) is 9.59 Å². The average Bonchev–Trinajstić information content (AvgIpc) is 3.05. The molecular weight excluding hydrogens is 354 g/mol. The number of halogens is 1. The van der Waals surface area contributed by atoms with Gasteiger partial charge in [-0.2, -0.15) is 0 Å². The molecule has 8 heteroatoms. The van der Waals surface area contributed by atoms with Gasteiger partial charge in [0, 0.05) is 29.9 Å². The van der Waals surface area contributed by atoms with Crippen LogP contribution in [0.15, 0.2) is 42.5 Å². The lowest BCUT2D eigenvalue weighted by Crippen LogP contribution is -2.34. The summed E-state index contributed by atoms with van der Waals surface area (Å²) in [5, 5.41) is 11.4. The molecule has 0 spiro atoms. The number of amides is 2. The van der Waals surface area contributed by atoms with Gasteiger partial charge in [-0.3, -0.25) is 9.59 Å². The van der Waals surface area contributed by atoms with Gasteiger partial charge < -0.3 is 10.2 Å². The van der Waals surface area contributed by atoms with Crippen LogP contribution >= 0.6 is 11.6 Å². The number of likely N-dealkylation sites (N-methyl/N-ethyl adjacent to an activating group) is 1. The molecule has 0 atom stereocenters. The number of anilines is 1. The number of rotatable bonds is 5. The Hall–Kier alpha value is -2.93. The molecule has 0 fully saturated rings. The van der Waals surface area contributed by atoms with Crippen LogP contribution in [0.5, 0.6) is 0 Å². The van der Waals surface area contributed by atoms with Crippen LogP contribution < -0.4 is 5.32 Å². The van der Waals surface area contributed by atoms with Gasteiger partial charge in [0.05, 0.1) is 12.1 Å². The number of benzene rings is 2. The van der Waals surface area contributed by atoms with E-state index in [-0.39, 0.29) is 18.4 Å². The number of hydrogen-bond acceptors (Lipinski definition) is 4. The maximum absolute atomic E-state index is 12.6. The fourth-order valence-electron chi connectivity index (χ4n) is 2.58. The third-order valence-corrected chi connectivity index (χ3v) is 4.17. The fourth-order valence-corrected chi connectivity index (χ4v) is 2.71. The quantitative estimate of drug-likeness (QED) is 0.747. The summed E-state index contributed by atoms with van der Waals surface area (Å²) < 4.78 is 1.76. The number of aromatic nitrogens is 3. The molecule has 7 nitrogen and oxygen atoms in total. The van der Waals surface area contributed by atoms with Crippen molar-refractivity contribution >= 4 is 40.1 Å². The van der Waals surface area contributed by atoms with E-state index in [0.29, 0.717) is 28.3 Å². The first kappa shape index (κ1) is 17.9. The Labute approximate surface area is 155 Å². The van der Waals surface area contributed by atoms with E-state index in [1.54, 1.807) is 48.1 Å². The molecule has 0 aliphatic carbocycles. The molecule has 26 heavy (non-hydrogen) atoms. The number of nitrogens with one attached hydrogen (secondary N) is 1. The maximum atomic E-state index is 12.6. The Balaban J connectivity index is 1.67. The normalized spacial score (nSPS) is 10.7. The molecule has 2 aromatic carbocycles. The lowest BCUT2D eigenvalue weighted by atomic mass is 10.1. The van der Waals surface area contributed by atoms with Gasteiger partial charge >= 0.3 is 0 Å². The highest BCUT2D eigenvalue weighted by molar-refractivity contribution is 6.30. The Morgan fingerprint density at radius 2 is 1.92 bits per heavy atom. The molecule has 0 bridgehead atoms. The van der Waals surface area contributed by atoms with Crippen molar-refractivity contribution in [3.05, 3.63) is 53.1 Å². The SMILES string of the molecule is CCn1nnc2cc(C(=O)N(C)CC(=O)Nc3ccc(Cl)cc3)ccc21. The summed E-state index contributed by atoms with van der Waals surface area (Å²) >= 11 is 5.82. The summed E-state index contributed by atoms with van der Waals surface area (Å²) in [4.78, 5) is 26.1. The highest BCUT2D eigenvalue weighted by Crippen LogP contribution is 2.15. The molecule has 3 aromatic rings. The summed E-state index contributed by atoms with van der Waals surface area (Å²) in [7, 11) is 1.58. The summed E-state index contributed by atoms with van der Waals surface area (Å²) in [6.07, 6.45) is 0. The van der Waals surface area contributed by atoms with Gasteiger partial charge in [0.2, 0.25) is 5.91 Å². The molecule has 134 valence electrons. The minimum atomic E-state index is -0.291. The first-order chi connectivity index (χ1) is 12.5.